The van der Waals surface area contributed by atoms with Crippen molar-refractivity contribution >= 4 is 5.91 Å². The number of hydrogen-bond donors (Lipinski definition) is 1. The predicted molar refractivity (Wildman–Crippen MR) is 70.7 cm³/mol. The highest BCUT2D eigenvalue weighted by atomic mass is 16.2. The van der Waals surface area contributed by atoms with Crippen LogP contribution < -0.4 is 5.73 Å². The fourth-order valence-corrected chi connectivity index (χ4v) is 2.35. The lowest BCUT2D eigenvalue weighted by molar-refractivity contribution is -0.135. The zero-order chi connectivity index (χ0) is 13.0. The van der Waals surface area contributed by atoms with E-state index in [1.807, 2.05) is 18.7 Å². The van der Waals surface area contributed by atoms with E-state index in [2.05, 4.69) is 19.0 Å². The first kappa shape index (κ1) is 14.5. The molecule has 4 nitrogen and oxygen atoms in total. The van der Waals surface area contributed by atoms with Gasteiger partial charge >= 0.3 is 0 Å². The van der Waals surface area contributed by atoms with Crippen molar-refractivity contribution in [2.24, 2.45) is 17.6 Å². The fourth-order valence-electron chi connectivity index (χ4n) is 2.35. The standard InChI is InChI=1S/C13H27N3O/c1-10(2)12(14)13(17)16-7-5-11(6-8-16)9-15(3)4/h10-12H,5-9,14H2,1-4H3. The molecular weight excluding hydrogens is 214 g/mol. The van der Waals surface area contributed by atoms with Crippen LogP contribution in [-0.2, 0) is 4.79 Å². The molecular formula is C13H27N3O. The number of nitrogens with zero attached hydrogens (tertiary/aromatic N) is 2. The zero-order valence-corrected chi connectivity index (χ0v) is 11.6. The summed E-state index contributed by atoms with van der Waals surface area (Å²) in [6.07, 6.45) is 2.21. The van der Waals surface area contributed by atoms with Gasteiger partial charge in [-0.2, -0.15) is 0 Å². The molecule has 0 aromatic heterocycles. The first-order valence-electron chi connectivity index (χ1n) is 6.61. The van der Waals surface area contributed by atoms with Crippen LogP contribution in [-0.4, -0.2) is 55.5 Å². The van der Waals surface area contributed by atoms with Crippen molar-refractivity contribution in [2.45, 2.75) is 32.7 Å². The summed E-state index contributed by atoms with van der Waals surface area (Å²) in [6.45, 7) is 6.87. The maximum absolute atomic E-state index is 12.1. The molecule has 4 heteroatoms. The largest absolute Gasteiger partial charge is 0.341 e. The predicted octanol–water partition coefficient (Wildman–Crippen LogP) is 0.770. The number of piperidine rings is 1. The molecule has 17 heavy (non-hydrogen) atoms. The van der Waals surface area contributed by atoms with Crippen molar-refractivity contribution in [1.29, 1.82) is 0 Å². The molecule has 0 saturated carbocycles. The van der Waals surface area contributed by atoms with E-state index in [0.29, 0.717) is 0 Å². The summed E-state index contributed by atoms with van der Waals surface area (Å²) in [7, 11) is 4.21. The van der Waals surface area contributed by atoms with Gasteiger partial charge in [-0.05, 0) is 38.8 Å². The van der Waals surface area contributed by atoms with Gasteiger partial charge in [-0.15, -0.1) is 0 Å². The third-order valence-electron chi connectivity index (χ3n) is 3.55. The van der Waals surface area contributed by atoms with Crippen molar-refractivity contribution in [3.05, 3.63) is 0 Å². The number of hydrogen-bond acceptors (Lipinski definition) is 3. The summed E-state index contributed by atoms with van der Waals surface area (Å²) in [5, 5.41) is 0. The Balaban J connectivity index is 2.39. The minimum Gasteiger partial charge on any atom is -0.341 e. The van der Waals surface area contributed by atoms with Gasteiger partial charge in [-0.3, -0.25) is 4.79 Å². The van der Waals surface area contributed by atoms with Crippen molar-refractivity contribution < 1.29 is 4.79 Å². The maximum atomic E-state index is 12.1. The monoisotopic (exact) mass is 241 g/mol. The lowest BCUT2D eigenvalue weighted by Crippen LogP contribution is -2.49. The van der Waals surface area contributed by atoms with Crippen molar-refractivity contribution in [3.63, 3.8) is 0 Å². The number of amides is 1. The molecule has 0 bridgehead atoms. The molecule has 1 aliphatic rings. The second-order valence-corrected chi connectivity index (χ2v) is 5.80. The summed E-state index contributed by atoms with van der Waals surface area (Å²) < 4.78 is 0. The molecule has 0 aromatic rings. The van der Waals surface area contributed by atoms with E-state index in [9.17, 15) is 4.79 Å². The Labute approximate surface area is 105 Å². The van der Waals surface area contributed by atoms with E-state index in [1.165, 1.54) is 0 Å². The molecule has 0 spiro atoms. The van der Waals surface area contributed by atoms with Crippen LogP contribution in [0.4, 0.5) is 0 Å². The minimum absolute atomic E-state index is 0.128. The Hall–Kier alpha value is -0.610. The van der Waals surface area contributed by atoms with Crippen LogP contribution in [0, 0.1) is 11.8 Å². The minimum atomic E-state index is -0.333. The van der Waals surface area contributed by atoms with Crippen molar-refractivity contribution in [1.82, 2.24) is 9.80 Å². The average molecular weight is 241 g/mol. The van der Waals surface area contributed by atoms with Crippen molar-refractivity contribution in [2.75, 3.05) is 33.7 Å². The van der Waals surface area contributed by atoms with E-state index < -0.39 is 0 Å². The van der Waals surface area contributed by atoms with Gasteiger partial charge in [0.2, 0.25) is 5.91 Å². The van der Waals surface area contributed by atoms with Crippen LogP contribution in [0.15, 0.2) is 0 Å². The second-order valence-electron chi connectivity index (χ2n) is 5.80. The second kappa shape index (κ2) is 6.36. The third-order valence-corrected chi connectivity index (χ3v) is 3.55. The Morgan fingerprint density at radius 3 is 2.29 bits per heavy atom. The molecule has 0 aliphatic carbocycles. The smallest absolute Gasteiger partial charge is 0.239 e. The van der Waals surface area contributed by atoms with Gasteiger partial charge in [0.05, 0.1) is 6.04 Å². The van der Waals surface area contributed by atoms with Crippen LogP contribution in [0.2, 0.25) is 0 Å². The lowest BCUT2D eigenvalue weighted by Gasteiger charge is -2.35. The Morgan fingerprint density at radius 2 is 1.88 bits per heavy atom. The maximum Gasteiger partial charge on any atom is 0.239 e. The summed E-state index contributed by atoms with van der Waals surface area (Å²) in [4.78, 5) is 16.2. The summed E-state index contributed by atoms with van der Waals surface area (Å²) in [5.41, 5.74) is 5.91. The van der Waals surface area contributed by atoms with Crippen molar-refractivity contribution in [3.8, 4) is 0 Å². The first-order valence-corrected chi connectivity index (χ1v) is 6.61. The van der Waals surface area contributed by atoms with Crippen LogP contribution in [0.5, 0.6) is 0 Å². The SMILES string of the molecule is CC(C)C(N)C(=O)N1CCC(CN(C)C)CC1. The Kier molecular flexibility index (Phi) is 5.40. The molecule has 1 saturated heterocycles. The summed E-state index contributed by atoms with van der Waals surface area (Å²) in [5.74, 6) is 1.08. The molecule has 2 N–H and O–H groups in total. The number of carbonyl (C=O) groups excluding carboxylic acids is 1. The Morgan fingerprint density at radius 1 is 1.35 bits per heavy atom. The molecule has 1 heterocycles. The highest BCUT2D eigenvalue weighted by molar-refractivity contribution is 5.82. The van der Waals surface area contributed by atoms with Crippen LogP contribution in [0.3, 0.4) is 0 Å². The van der Waals surface area contributed by atoms with Gasteiger partial charge < -0.3 is 15.5 Å². The average Bonchev–Trinajstić information content (AvgIpc) is 2.27. The molecule has 0 radical (unpaired) electrons. The van der Waals surface area contributed by atoms with Gasteiger partial charge in [0, 0.05) is 19.6 Å². The fraction of sp³-hybridized carbons (Fsp3) is 0.923. The van der Waals surface area contributed by atoms with Crippen LogP contribution >= 0.6 is 0 Å². The summed E-state index contributed by atoms with van der Waals surface area (Å²) >= 11 is 0. The highest BCUT2D eigenvalue weighted by Crippen LogP contribution is 2.19. The van der Waals surface area contributed by atoms with Gasteiger partial charge in [0.1, 0.15) is 0 Å². The highest BCUT2D eigenvalue weighted by Gasteiger charge is 2.27. The van der Waals surface area contributed by atoms with Crippen LogP contribution in [0.1, 0.15) is 26.7 Å². The molecule has 0 aromatic carbocycles. The molecule has 1 atom stereocenters. The number of rotatable bonds is 4. The summed E-state index contributed by atoms with van der Waals surface area (Å²) in [6, 6.07) is -0.333. The number of nitrogens with two attached hydrogens (primary N) is 1. The van der Waals surface area contributed by atoms with Gasteiger partial charge in [-0.1, -0.05) is 13.8 Å². The quantitative estimate of drug-likeness (QED) is 0.791. The van der Waals surface area contributed by atoms with E-state index in [-0.39, 0.29) is 17.9 Å². The topological polar surface area (TPSA) is 49.6 Å². The van der Waals surface area contributed by atoms with Gasteiger partial charge in [0.25, 0.3) is 0 Å². The normalized spacial score (nSPS) is 20.1. The van der Waals surface area contributed by atoms with Gasteiger partial charge in [0.15, 0.2) is 0 Å². The molecule has 1 rings (SSSR count). The number of likely N-dealkylation sites (tertiary alicyclic amines) is 1. The van der Waals surface area contributed by atoms with E-state index in [0.717, 1.165) is 38.4 Å². The third kappa shape index (κ3) is 4.28. The lowest BCUT2D eigenvalue weighted by atomic mass is 9.95. The van der Waals surface area contributed by atoms with Gasteiger partial charge in [-0.25, -0.2) is 0 Å². The van der Waals surface area contributed by atoms with E-state index in [4.69, 9.17) is 5.73 Å². The molecule has 100 valence electrons. The molecule has 1 fully saturated rings. The molecule has 1 amide bonds. The zero-order valence-electron chi connectivity index (χ0n) is 11.6. The van der Waals surface area contributed by atoms with Crippen LogP contribution in [0.25, 0.3) is 0 Å². The molecule has 1 aliphatic heterocycles. The number of carbonyl (C=O) groups is 1. The molecule has 1 unspecified atom stereocenters. The van der Waals surface area contributed by atoms with E-state index >= 15 is 0 Å². The Bertz CT molecular complexity index is 245. The van der Waals surface area contributed by atoms with E-state index in [1.54, 1.807) is 0 Å². The first-order chi connectivity index (χ1) is 7.91.